The topological polar surface area (TPSA) is 111 Å². The van der Waals surface area contributed by atoms with Gasteiger partial charge in [-0.1, -0.05) is 0 Å². The molecule has 0 saturated heterocycles. The Kier molecular flexibility index (Phi) is 6.47. The molecule has 2 atom stereocenters. The van der Waals surface area contributed by atoms with Gasteiger partial charge in [0.25, 0.3) is 0 Å². The highest BCUT2D eigenvalue weighted by Crippen LogP contribution is 2.27. The van der Waals surface area contributed by atoms with Gasteiger partial charge in [0.2, 0.25) is 0 Å². The lowest BCUT2D eigenvalue weighted by atomic mass is 9.89. The van der Waals surface area contributed by atoms with E-state index in [2.05, 4.69) is 10.3 Å². The normalized spacial score (nSPS) is 22.8. The summed E-state index contributed by atoms with van der Waals surface area (Å²) in [7, 11) is 1.50. The number of methoxy groups -OCH3 is 1. The lowest BCUT2D eigenvalue weighted by molar-refractivity contribution is -0.140. The van der Waals surface area contributed by atoms with Gasteiger partial charge in [0.05, 0.1) is 25.1 Å². The molecule has 0 heterocycles. The Hall–Kier alpha value is -1.60. The maximum atomic E-state index is 11.0. The zero-order valence-corrected chi connectivity index (χ0v) is 11.8. The highest BCUT2D eigenvalue weighted by molar-refractivity contribution is 6.00. The van der Waals surface area contributed by atoms with Crippen molar-refractivity contribution in [2.75, 3.05) is 26.9 Å². The first-order chi connectivity index (χ1) is 9.57. The quantitative estimate of drug-likeness (QED) is 0.513. The van der Waals surface area contributed by atoms with Crippen LogP contribution in [0, 0.1) is 5.92 Å². The molecule has 0 fully saturated rings. The largest absolute Gasteiger partial charge is 0.493 e. The van der Waals surface area contributed by atoms with E-state index >= 15 is 0 Å². The molecule has 1 aliphatic rings. The molecule has 1 aliphatic carbocycles. The summed E-state index contributed by atoms with van der Waals surface area (Å²) in [6.07, 6.45) is 1.06. The molecule has 2 unspecified atom stereocenters. The molecule has 0 saturated carbocycles. The minimum atomic E-state index is -1.14. The molecule has 0 radical (unpaired) electrons. The van der Waals surface area contributed by atoms with E-state index in [1.54, 1.807) is 0 Å². The zero-order valence-electron chi connectivity index (χ0n) is 11.8. The average Bonchev–Trinajstić information content (AvgIpc) is 2.44. The zero-order chi connectivity index (χ0) is 15.1. The van der Waals surface area contributed by atoms with Crippen molar-refractivity contribution in [3.8, 4) is 0 Å². The van der Waals surface area contributed by atoms with Gasteiger partial charge in [-0.25, -0.2) is 4.79 Å². The Morgan fingerprint density at radius 3 is 2.65 bits per heavy atom. The van der Waals surface area contributed by atoms with Gasteiger partial charge in [-0.2, -0.15) is 0 Å². The standard InChI is InChI=1S/C13H22N2O5/c1-3-14-9-4-8(6-16)5-10(12(9)20-2)15-11(7-17)13(18)19/h8,11,15-17H,3-7H2,1-2H3,(H,18,19). The summed E-state index contributed by atoms with van der Waals surface area (Å²) in [5, 5.41) is 30.2. The number of aliphatic carboxylic acids is 1. The molecule has 0 amide bonds. The van der Waals surface area contributed by atoms with E-state index < -0.39 is 18.6 Å². The molecule has 0 aromatic heterocycles. The van der Waals surface area contributed by atoms with Crippen molar-refractivity contribution >= 4 is 11.7 Å². The molecule has 20 heavy (non-hydrogen) atoms. The molecule has 7 heteroatoms. The van der Waals surface area contributed by atoms with Crippen LogP contribution >= 0.6 is 0 Å². The first kappa shape index (κ1) is 16.5. The van der Waals surface area contributed by atoms with Crippen molar-refractivity contribution in [2.24, 2.45) is 10.9 Å². The summed E-state index contributed by atoms with van der Waals surface area (Å²) in [5.41, 5.74) is 1.27. The SMILES string of the molecule is CCN=C1CC(CO)CC(NC(CO)C(=O)O)=C1OC. The summed E-state index contributed by atoms with van der Waals surface area (Å²) in [5.74, 6) is -0.665. The second kappa shape index (κ2) is 7.86. The first-order valence-corrected chi connectivity index (χ1v) is 6.59. The van der Waals surface area contributed by atoms with Crippen molar-refractivity contribution in [2.45, 2.75) is 25.8 Å². The van der Waals surface area contributed by atoms with Crippen LogP contribution in [0.1, 0.15) is 19.8 Å². The monoisotopic (exact) mass is 286 g/mol. The smallest absolute Gasteiger partial charge is 0.328 e. The lowest BCUT2D eigenvalue weighted by Crippen LogP contribution is -2.42. The van der Waals surface area contributed by atoms with Crippen LogP contribution < -0.4 is 5.32 Å². The predicted molar refractivity (Wildman–Crippen MR) is 73.5 cm³/mol. The van der Waals surface area contributed by atoms with Crippen LogP contribution in [-0.2, 0) is 9.53 Å². The van der Waals surface area contributed by atoms with Gasteiger partial charge in [-0.15, -0.1) is 0 Å². The summed E-state index contributed by atoms with van der Waals surface area (Å²) in [6.45, 7) is 1.93. The van der Waals surface area contributed by atoms with Crippen LogP contribution in [0.2, 0.25) is 0 Å². The highest BCUT2D eigenvalue weighted by Gasteiger charge is 2.29. The van der Waals surface area contributed by atoms with E-state index in [1.165, 1.54) is 7.11 Å². The maximum Gasteiger partial charge on any atom is 0.328 e. The molecule has 4 N–H and O–H groups in total. The second-order valence-corrected chi connectivity index (χ2v) is 4.61. The van der Waals surface area contributed by atoms with Crippen molar-refractivity contribution in [3.63, 3.8) is 0 Å². The molecular formula is C13H22N2O5. The van der Waals surface area contributed by atoms with Crippen LogP contribution in [0.4, 0.5) is 0 Å². The number of aliphatic imine (C=N–C) groups is 1. The number of hydrogen-bond donors (Lipinski definition) is 4. The molecular weight excluding hydrogens is 264 g/mol. The van der Waals surface area contributed by atoms with Crippen molar-refractivity contribution in [1.82, 2.24) is 5.32 Å². The molecule has 114 valence electrons. The number of carboxylic acid groups (broad SMARTS) is 1. The average molecular weight is 286 g/mol. The van der Waals surface area contributed by atoms with E-state index in [0.29, 0.717) is 36.6 Å². The first-order valence-electron chi connectivity index (χ1n) is 6.59. The summed E-state index contributed by atoms with van der Waals surface area (Å²) in [6, 6.07) is -1.10. The predicted octanol–water partition coefficient (Wildman–Crippen LogP) is -0.257. The number of ether oxygens (including phenoxy) is 1. The van der Waals surface area contributed by atoms with Crippen molar-refractivity contribution < 1.29 is 24.9 Å². The molecule has 1 rings (SSSR count). The fourth-order valence-electron chi connectivity index (χ4n) is 2.21. The molecule has 0 aromatic carbocycles. The molecule has 0 bridgehead atoms. The number of carbonyl (C=O) groups is 1. The molecule has 0 aliphatic heterocycles. The Morgan fingerprint density at radius 2 is 2.20 bits per heavy atom. The number of hydrogen-bond acceptors (Lipinski definition) is 6. The van der Waals surface area contributed by atoms with Gasteiger partial charge in [0.15, 0.2) is 5.76 Å². The van der Waals surface area contributed by atoms with Gasteiger partial charge in [0.1, 0.15) is 6.04 Å². The van der Waals surface area contributed by atoms with E-state index in [4.69, 9.17) is 14.9 Å². The Bertz CT molecular complexity index is 406. The molecule has 7 nitrogen and oxygen atoms in total. The van der Waals surface area contributed by atoms with Crippen LogP contribution in [0.25, 0.3) is 0 Å². The minimum Gasteiger partial charge on any atom is -0.493 e. The third-order valence-electron chi connectivity index (χ3n) is 3.15. The van der Waals surface area contributed by atoms with E-state index in [-0.39, 0.29) is 12.5 Å². The second-order valence-electron chi connectivity index (χ2n) is 4.61. The maximum absolute atomic E-state index is 11.0. The fourth-order valence-corrected chi connectivity index (χ4v) is 2.21. The van der Waals surface area contributed by atoms with Crippen LogP contribution in [-0.4, -0.2) is 59.9 Å². The minimum absolute atomic E-state index is 0.0121. The molecule has 0 spiro atoms. The molecule has 0 aromatic rings. The van der Waals surface area contributed by atoms with E-state index in [1.807, 2.05) is 6.92 Å². The van der Waals surface area contributed by atoms with Crippen molar-refractivity contribution in [1.29, 1.82) is 0 Å². The summed E-state index contributed by atoms with van der Waals surface area (Å²) in [4.78, 5) is 15.3. The van der Waals surface area contributed by atoms with Crippen molar-refractivity contribution in [3.05, 3.63) is 11.5 Å². The third-order valence-corrected chi connectivity index (χ3v) is 3.15. The van der Waals surface area contributed by atoms with Gasteiger partial charge in [-0.05, 0) is 25.7 Å². The summed E-state index contributed by atoms with van der Waals surface area (Å²) < 4.78 is 5.32. The lowest BCUT2D eigenvalue weighted by Gasteiger charge is -2.28. The number of aliphatic hydroxyl groups is 2. The number of carboxylic acids is 1. The van der Waals surface area contributed by atoms with E-state index in [0.717, 1.165) is 0 Å². The van der Waals surface area contributed by atoms with Crippen LogP contribution in [0.3, 0.4) is 0 Å². The summed E-state index contributed by atoms with van der Waals surface area (Å²) >= 11 is 0. The third kappa shape index (κ3) is 3.94. The van der Waals surface area contributed by atoms with Gasteiger partial charge in [0, 0.05) is 13.2 Å². The van der Waals surface area contributed by atoms with Crippen LogP contribution in [0.5, 0.6) is 0 Å². The highest BCUT2D eigenvalue weighted by atomic mass is 16.5. The number of rotatable bonds is 7. The Morgan fingerprint density at radius 1 is 1.50 bits per heavy atom. The van der Waals surface area contributed by atoms with Crippen LogP contribution in [0.15, 0.2) is 16.4 Å². The Labute approximate surface area is 118 Å². The van der Waals surface area contributed by atoms with E-state index in [9.17, 15) is 9.90 Å². The number of aliphatic hydroxyl groups excluding tert-OH is 2. The Balaban J connectivity index is 3.07. The van der Waals surface area contributed by atoms with Gasteiger partial charge >= 0.3 is 5.97 Å². The van der Waals surface area contributed by atoms with Gasteiger partial charge in [-0.3, -0.25) is 4.99 Å². The number of nitrogens with zero attached hydrogens (tertiary/aromatic N) is 1. The van der Waals surface area contributed by atoms with Gasteiger partial charge < -0.3 is 25.4 Å². The number of nitrogens with one attached hydrogen (secondary N) is 1. The number of allylic oxidation sites excluding steroid dienone is 2. The fraction of sp³-hybridized carbons (Fsp3) is 0.692.